The van der Waals surface area contributed by atoms with Crippen molar-refractivity contribution in [2.75, 3.05) is 20.3 Å². The normalized spacial score (nSPS) is 10.8. The monoisotopic (exact) mass is 493 g/mol. The van der Waals surface area contributed by atoms with Crippen molar-refractivity contribution in [3.63, 3.8) is 0 Å². The standard InChI is InChI=1S/C25H26Cl3NO3/c1-3-31-24-13-18(15-29-12-11-17-7-9-19(30-2)10-8-17)23(28)14-25(24)32-16-20-21(26)5-4-6-22(20)27/h4-10,13-14,29H,3,11-12,15-16H2,1-2H3. The van der Waals surface area contributed by atoms with Crippen LogP contribution in [-0.2, 0) is 19.6 Å². The van der Waals surface area contributed by atoms with Crippen LogP contribution in [0.2, 0.25) is 15.1 Å². The molecule has 0 spiro atoms. The molecule has 170 valence electrons. The van der Waals surface area contributed by atoms with Crippen molar-refractivity contribution in [3.8, 4) is 17.2 Å². The summed E-state index contributed by atoms with van der Waals surface area (Å²) in [4.78, 5) is 0. The van der Waals surface area contributed by atoms with Crippen LogP contribution in [-0.4, -0.2) is 20.3 Å². The predicted octanol–water partition coefficient (Wildman–Crippen LogP) is 6.97. The maximum atomic E-state index is 6.53. The number of hydrogen-bond donors (Lipinski definition) is 1. The molecule has 3 rings (SSSR count). The summed E-state index contributed by atoms with van der Waals surface area (Å²) >= 11 is 19.0. The molecule has 0 bridgehead atoms. The molecule has 0 heterocycles. The number of hydrogen-bond acceptors (Lipinski definition) is 4. The molecule has 1 N–H and O–H groups in total. The number of ether oxygens (including phenoxy) is 3. The molecule has 0 unspecified atom stereocenters. The van der Waals surface area contributed by atoms with Gasteiger partial charge in [-0.05, 0) is 61.3 Å². The van der Waals surface area contributed by atoms with Gasteiger partial charge in [-0.25, -0.2) is 0 Å². The second-order valence-corrected chi connectivity index (χ2v) is 8.31. The van der Waals surface area contributed by atoms with Crippen LogP contribution in [0.1, 0.15) is 23.6 Å². The zero-order chi connectivity index (χ0) is 22.9. The molecule has 0 amide bonds. The number of halogens is 3. The summed E-state index contributed by atoms with van der Waals surface area (Å²) in [6.07, 6.45) is 0.902. The SMILES string of the molecule is CCOc1cc(CNCCc2ccc(OC)cc2)c(Cl)cc1OCc1c(Cl)cccc1Cl. The van der Waals surface area contributed by atoms with Gasteiger partial charge in [0.05, 0.1) is 13.7 Å². The van der Waals surface area contributed by atoms with Crippen molar-refractivity contribution in [3.05, 3.63) is 86.4 Å². The fourth-order valence-electron chi connectivity index (χ4n) is 3.16. The van der Waals surface area contributed by atoms with E-state index in [1.807, 2.05) is 25.1 Å². The maximum absolute atomic E-state index is 6.53. The summed E-state index contributed by atoms with van der Waals surface area (Å²) in [5, 5.41) is 5.15. The molecule has 3 aromatic rings. The smallest absolute Gasteiger partial charge is 0.163 e. The Labute approximate surface area is 204 Å². The minimum atomic E-state index is 0.217. The first-order valence-electron chi connectivity index (χ1n) is 10.4. The summed E-state index contributed by atoms with van der Waals surface area (Å²) < 4.78 is 17.0. The predicted molar refractivity (Wildman–Crippen MR) is 132 cm³/mol. The lowest BCUT2D eigenvalue weighted by molar-refractivity contribution is 0.269. The molecular formula is C25H26Cl3NO3. The second-order valence-electron chi connectivity index (χ2n) is 7.09. The van der Waals surface area contributed by atoms with Crippen LogP contribution in [0.25, 0.3) is 0 Å². The molecule has 0 fully saturated rings. The first-order chi connectivity index (χ1) is 15.5. The van der Waals surface area contributed by atoms with Crippen LogP contribution in [0.5, 0.6) is 17.2 Å². The van der Waals surface area contributed by atoms with Crippen molar-refractivity contribution in [2.24, 2.45) is 0 Å². The van der Waals surface area contributed by atoms with E-state index >= 15 is 0 Å². The van der Waals surface area contributed by atoms with E-state index in [0.717, 1.165) is 29.8 Å². The van der Waals surface area contributed by atoms with E-state index < -0.39 is 0 Å². The molecule has 0 atom stereocenters. The van der Waals surface area contributed by atoms with Crippen molar-refractivity contribution in [2.45, 2.75) is 26.5 Å². The first kappa shape index (κ1) is 24.5. The van der Waals surface area contributed by atoms with E-state index in [1.165, 1.54) is 5.56 Å². The Morgan fingerprint density at radius 3 is 2.19 bits per heavy atom. The Kier molecular flexibility index (Phi) is 9.36. The zero-order valence-electron chi connectivity index (χ0n) is 18.1. The van der Waals surface area contributed by atoms with Gasteiger partial charge < -0.3 is 19.5 Å². The van der Waals surface area contributed by atoms with Crippen molar-refractivity contribution < 1.29 is 14.2 Å². The van der Waals surface area contributed by atoms with Gasteiger partial charge in [-0.2, -0.15) is 0 Å². The molecule has 3 aromatic carbocycles. The Hall–Kier alpha value is -2.11. The molecule has 0 saturated carbocycles. The third-order valence-corrected chi connectivity index (χ3v) is 5.97. The van der Waals surface area contributed by atoms with Crippen molar-refractivity contribution in [1.29, 1.82) is 0 Å². The molecule has 0 aliphatic carbocycles. The highest BCUT2D eigenvalue weighted by molar-refractivity contribution is 6.36. The highest BCUT2D eigenvalue weighted by Crippen LogP contribution is 2.35. The Bertz CT molecular complexity index is 1010. The molecule has 0 aromatic heterocycles. The molecular weight excluding hydrogens is 469 g/mol. The quantitative estimate of drug-likeness (QED) is 0.292. The van der Waals surface area contributed by atoms with E-state index in [1.54, 1.807) is 31.4 Å². The van der Waals surface area contributed by atoms with Crippen LogP contribution >= 0.6 is 34.8 Å². The second kappa shape index (κ2) is 12.2. The van der Waals surface area contributed by atoms with Gasteiger partial charge in [0, 0.05) is 33.2 Å². The fourth-order valence-corrected chi connectivity index (χ4v) is 3.89. The lowest BCUT2D eigenvalue weighted by Gasteiger charge is -2.16. The topological polar surface area (TPSA) is 39.7 Å². The van der Waals surface area contributed by atoms with Crippen LogP contribution in [0.3, 0.4) is 0 Å². The highest BCUT2D eigenvalue weighted by Gasteiger charge is 2.13. The molecule has 0 aliphatic heterocycles. The minimum absolute atomic E-state index is 0.217. The Morgan fingerprint density at radius 1 is 0.844 bits per heavy atom. The highest BCUT2D eigenvalue weighted by atomic mass is 35.5. The zero-order valence-corrected chi connectivity index (χ0v) is 20.4. The van der Waals surface area contributed by atoms with Gasteiger partial charge in [-0.3, -0.25) is 0 Å². The fraction of sp³-hybridized carbons (Fsp3) is 0.280. The van der Waals surface area contributed by atoms with Gasteiger partial charge in [0.15, 0.2) is 11.5 Å². The van der Waals surface area contributed by atoms with Gasteiger partial charge in [0.1, 0.15) is 12.4 Å². The number of methoxy groups -OCH3 is 1. The van der Waals surface area contributed by atoms with E-state index in [0.29, 0.717) is 39.7 Å². The van der Waals surface area contributed by atoms with E-state index in [4.69, 9.17) is 49.0 Å². The lowest BCUT2D eigenvalue weighted by atomic mass is 10.1. The summed E-state index contributed by atoms with van der Waals surface area (Å²) in [6, 6.07) is 17.1. The van der Waals surface area contributed by atoms with Crippen LogP contribution in [0.4, 0.5) is 0 Å². The largest absolute Gasteiger partial charge is 0.497 e. The number of rotatable bonds is 11. The van der Waals surface area contributed by atoms with Gasteiger partial charge in [-0.1, -0.05) is 53.0 Å². The third-order valence-electron chi connectivity index (χ3n) is 4.91. The van der Waals surface area contributed by atoms with Gasteiger partial charge in [0.25, 0.3) is 0 Å². The lowest BCUT2D eigenvalue weighted by Crippen LogP contribution is -2.17. The molecule has 0 aliphatic rings. The molecule has 0 saturated heterocycles. The van der Waals surface area contributed by atoms with Gasteiger partial charge >= 0.3 is 0 Å². The Balaban J connectivity index is 1.62. The van der Waals surface area contributed by atoms with E-state index in [-0.39, 0.29) is 6.61 Å². The maximum Gasteiger partial charge on any atom is 0.163 e. The molecule has 32 heavy (non-hydrogen) atoms. The number of benzene rings is 3. The summed E-state index contributed by atoms with van der Waals surface area (Å²) in [6.45, 7) is 4.08. The van der Waals surface area contributed by atoms with Gasteiger partial charge in [0.2, 0.25) is 0 Å². The van der Waals surface area contributed by atoms with Crippen LogP contribution in [0, 0.1) is 0 Å². The number of nitrogens with one attached hydrogen (secondary N) is 1. The summed E-state index contributed by atoms with van der Waals surface area (Å²) in [7, 11) is 1.67. The summed E-state index contributed by atoms with van der Waals surface area (Å²) in [5.41, 5.74) is 2.90. The molecule has 0 radical (unpaired) electrons. The van der Waals surface area contributed by atoms with Crippen LogP contribution in [0.15, 0.2) is 54.6 Å². The van der Waals surface area contributed by atoms with Crippen molar-refractivity contribution >= 4 is 34.8 Å². The Morgan fingerprint density at radius 2 is 1.53 bits per heavy atom. The molecule has 7 heteroatoms. The average molecular weight is 495 g/mol. The van der Waals surface area contributed by atoms with E-state index in [2.05, 4.69) is 17.4 Å². The van der Waals surface area contributed by atoms with Crippen LogP contribution < -0.4 is 19.5 Å². The van der Waals surface area contributed by atoms with E-state index in [9.17, 15) is 0 Å². The van der Waals surface area contributed by atoms with Crippen molar-refractivity contribution in [1.82, 2.24) is 5.32 Å². The first-order valence-corrected chi connectivity index (χ1v) is 11.5. The summed E-state index contributed by atoms with van der Waals surface area (Å²) in [5.74, 6) is 2.04. The molecule has 4 nitrogen and oxygen atoms in total. The minimum Gasteiger partial charge on any atom is -0.497 e. The average Bonchev–Trinajstić information content (AvgIpc) is 2.79. The third kappa shape index (κ3) is 6.69. The van der Waals surface area contributed by atoms with Gasteiger partial charge in [-0.15, -0.1) is 0 Å².